The van der Waals surface area contributed by atoms with Gasteiger partial charge in [-0.3, -0.25) is 14.8 Å². The molecule has 0 atom stereocenters. The first kappa shape index (κ1) is 26.1. The number of hydrazine groups is 1. The lowest BCUT2D eigenvalue weighted by Crippen LogP contribution is -2.35. The maximum absolute atomic E-state index is 12.7. The second-order valence-electron chi connectivity index (χ2n) is 7.25. The van der Waals surface area contributed by atoms with E-state index in [0.717, 1.165) is 15.3 Å². The van der Waals surface area contributed by atoms with E-state index in [-0.39, 0.29) is 60.4 Å². The molecular formula is C21H29N5O6S. The van der Waals surface area contributed by atoms with E-state index in [0.29, 0.717) is 12.1 Å². The number of aromatic hydroxyl groups is 1. The van der Waals surface area contributed by atoms with Gasteiger partial charge in [-0.25, -0.2) is 8.42 Å². The van der Waals surface area contributed by atoms with Crippen LogP contribution in [0.15, 0.2) is 34.0 Å². The van der Waals surface area contributed by atoms with Crippen molar-refractivity contribution in [2.24, 2.45) is 0 Å². The molecule has 180 valence electrons. The Morgan fingerprint density at radius 3 is 2.24 bits per heavy atom. The summed E-state index contributed by atoms with van der Waals surface area (Å²) >= 11 is 0. The highest BCUT2D eigenvalue weighted by atomic mass is 32.2. The molecule has 0 radical (unpaired) electrons. The molecule has 0 spiro atoms. The number of aliphatic hydroxyl groups is 2. The molecule has 0 aliphatic carbocycles. The van der Waals surface area contributed by atoms with Gasteiger partial charge in [0.2, 0.25) is 15.9 Å². The van der Waals surface area contributed by atoms with Crippen LogP contribution in [0.2, 0.25) is 0 Å². The van der Waals surface area contributed by atoms with Crippen molar-refractivity contribution in [1.29, 1.82) is 5.26 Å². The number of sulfonamides is 1. The number of nitriles is 1. The van der Waals surface area contributed by atoms with Gasteiger partial charge in [0.1, 0.15) is 17.3 Å². The Morgan fingerprint density at radius 1 is 1.12 bits per heavy atom. The van der Waals surface area contributed by atoms with E-state index in [4.69, 9.17) is 10.2 Å². The number of pyridine rings is 1. The van der Waals surface area contributed by atoms with Crippen molar-refractivity contribution in [3.63, 3.8) is 0 Å². The van der Waals surface area contributed by atoms with Crippen molar-refractivity contribution in [3.05, 3.63) is 45.7 Å². The van der Waals surface area contributed by atoms with Crippen LogP contribution in [0, 0.1) is 18.3 Å². The summed E-state index contributed by atoms with van der Waals surface area (Å²) in [6.45, 7) is 2.71. The fourth-order valence-electron chi connectivity index (χ4n) is 3.19. The van der Waals surface area contributed by atoms with Gasteiger partial charge in [-0.05, 0) is 37.6 Å². The van der Waals surface area contributed by atoms with Gasteiger partial charge in [0.25, 0.3) is 5.56 Å². The monoisotopic (exact) mass is 479 g/mol. The summed E-state index contributed by atoms with van der Waals surface area (Å²) in [6, 6.07) is 7.57. The average Bonchev–Trinajstić information content (AvgIpc) is 2.79. The second kappa shape index (κ2) is 11.7. The summed E-state index contributed by atoms with van der Waals surface area (Å²) < 4.78 is 27.5. The van der Waals surface area contributed by atoms with Crippen LogP contribution in [0.1, 0.15) is 30.9 Å². The van der Waals surface area contributed by atoms with Crippen molar-refractivity contribution in [2.75, 3.05) is 37.2 Å². The van der Waals surface area contributed by atoms with Crippen LogP contribution in [-0.2, 0) is 16.6 Å². The molecule has 11 nitrogen and oxygen atoms in total. The van der Waals surface area contributed by atoms with Gasteiger partial charge in [0.05, 0.1) is 23.8 Å². The number of benzene rings is 1. The predicted molar refractivity (Wildman–Crippen MR) is 123 cm³/mol. The fourth-order valence-corrected chi connectivity index (χ4v) is 4.62. The molecule has 2 aromatic rings. The minimum Gasteiger partial charge on any atom is -0.493 e. The zero-order valence-electron chi connectivity index (χ0n) is 18.6. The Labute approximate surface area is 192 Å². The quantitative estimate of drug-likeness (QED) is 0.278. The molecule has 0 amide bonds. The molecule has 0 saturated carbocycles. The van der Waals surface area contributed by atoms with Crippen LogP contribution in [-0.4, -0.2) is 58.9 Å². The number of aliphatic hydroxyl groups excluding tert-OH is 2. The van der Waals surface area contributed by atoms with E-state index in [1.165, 1.54) is 24.3 Å². The minimum absolute atomic E-state index is 0.0196. The largest absolute Gasteiger partial charge is 0.493 e. The Kier molecular flexibility index (Phi) is 9.24. The van der Waals surface area contributed by atoms with E-state index in [1.807, 2.05) is 13.0 Å². The number of nitrogens with zero attached hydrogens (tertiary/aromatic N) is 3. The molecule has 0 fully saturated rings. The van der Waals surface area contributed by atoms with E-state index in [2.05, 4.69) is 10.9 Å². The Bertz CT molecular complexity index is 1150. The lowest BCUT2D eigenvalue weighted by atomic mass is 10.1. The summed E-state index contributed by atoms with van der Waals surface area (Å²) in [5, 5.41) is 38.2. The first-order valence-corrected chi connectivity index (χ1v) is 11.9. The SMILES string of the molecule is CCCCn1c(O)c(NNc2ccc(S(=O)(=O)N(CCO)CCO)cc2)c(C)c(C#N)c1=O. The molecule has 0 saturated heterocycles. The molecule has 1 aromatic heterocycles. The smallest absolute Gasteiger partial charge is 0.271 e. The lowest BCUT2D eigenvalue weighted by molar-refractivity contribution is 0.217. The van der Waals surface area contributed by atoms with Gasteiger partial charge in [-0.2, -0.15) is 9.57 Å². The molecule has 1 heterocycles. The number of unbranched alkanes of at least 4 members (excludes halogenated alkanes) is 1. The van der Waals surface area contributed by atoms with Crippen molar-refractivity contribution < 1.29 is 23.7 Å². The Balaban J connectivity index is 2.29. The van der Waals surface area contributed by atoms with Crippen LogP contribution >= 0.6 is 0 Å². The van der Waals surface area contributed by atoms with Crippen LogP contribution in [0.3, 0.4) is 0 Å². The van der Waals surface area contributed by atoms with Gasteiger partial charge in [0.15, 0.2) is 0 Å². The highest BCUT2D eigenvalue weighted by Gasteiger charge is 2.23. The molecule has 0 unspecified atom stereocenters. The maximum Gasteiger partial charge on any atom is 0.271 e. The number of anilines is 2. The summed E-state index contributed by atoms with van der Waals surface area (Å²) in [5.74, 6) is -0.305. The van der Waals surface area contributed by atoms with E-state index in [9.17, 15) is 23.6 Å². The number of hydrogen-bond donors (Lipinski definition) is 5. The Morgan fingerprint density at radius 2 is 1.73 bits per heavy atom. The number of nitrogens with one attached hydrogen (secondary N) is 2. The molecule has 5 N–H and O–H groups in total. The molecule has 0 bridgehead atoms. The molecular weight excluding hydrogens is 450 g/mol. The van der Waals surface area contributed by atoms with Gasteiger partial charge in [-0.15, -0.1) is 0 Å². The van der Waals surface area contributed by atoms with E-state index < -0.39 is 15.6 Å². The third-order valence-corrected chi connectivity index (χ3v) is 6.97. The average molecular weight is 480 g/mol. The van der Waals surface area contributed by atoms with Gasteiger partial charge in [0, 0.05) is 25.2 Å². The van der Waals surface area contributed by atoms with Crippen LogP contribution < -0.4 is 16.4 Å². The van der Waals surface area contributed by atoms with Crippen molar-refractivity contribution >= 4 is 21.4 Å². The molecule has 0 aliphatic heterocycles. The molecule has 2 rings (SSSR count). The number of aromatic nitrogens is 1. The van der Waals surface area contributed by atoms with Crippen molar-refractivity contribution in [3.8, 4) is 11.9 Å². The molecule has 33 heavy (non-hydrogen) atoms. The summed E-state index contributed by atoms with van der Waals surface area (Å²) in [6.07, 6.45) is 1.44. The van der Waals surface area contributed by atoms with Crippen LogP contribution in [0.25, 0.3) is 0 Å². The maximum atomic E-state index is 12.7. The minimum atomic E-state index is -3.90. The lowest BCUT2D eigenvalue weighted by Gasteiger charge is -2.21. The third kappa shape index (κ3) is 5.82. The zero-order valence-corrected chi connectivity index (χ0v) is 19.4. The van der Waals surface area contributed by atoms with E-state index in [1.54, 1.807) is 6.92 Å². The van der Waals surface area contributed by atoms with Gasteiger partial charge in [-0.1, -0.05) is 13.3 Å². The molecule has 0 aliphatic rings. The number of hydrogen-bond acceptors (Lipinski definition) is 9. The summed E-state index contributed by atoms with van der Waals surface area (Å²) in [7, 11) is -3.90. The fraction of sp³-hybridized carbons (Fsp3) is 0.429. The van der Waals surface area contributed by atoms with E-state index >= 15 is 0 Å². The number of rotatable bonds is 12. The molecule has 1 aromatic carbocycles. The normalized spacial score (nSPS) is 11.4. The topological polar surface area (TPSA) is 168 Å². The van der Waals surface area contributed by atoms with Crippen LogP contribution in [0.5, 0.6) is 5.88 Å². The first-order chi connectivity index (χ1) is 15.7. The summed E-state index contributed by atoms with van der Waals surface area (Å²) in [5.41, 5.74) is 5.89. The Hall–Kier alpha value is -3.11. The molecule has 12 heteroatoms. The zero-order chi connectivity index (χ0) is 24.6. The van der Waals surface area contributed by atoms with Gasteiger partial charge >= 0.3 is 0 Å². The first-order valence-electron chi connectivity index (χ1n) is 10.4. The predicted octanol–water partition coefficient (Wildman–Crippen LogP) is 0.948. The van der Waals surface area contributed by atoms with Crippen molar-refractivity contribution in [2.45, 2.75) is 38.1 Å². The van der Waals surface area contributed by atoms with Gasteiger partial charge < -0.3 is 20.7 Å². The second-order valence-corrected chi connectivity index (χ2v) is 9.18. The highest BCUT2D eigenvalue weighted by Crippen LogP contribution is 2.28. The third-order valence-electron chi connectivity index (χ3n) is 5.06. The highest BCUT2D eigenvalue weighted by molar-refractivity contribution is 7.89. The van der Waals surface area contributed by atoms with Crippen LogP contribution in [0.4, 0.5) is 11.4 Å². The summed E-state index contributed by atoms with van der Waals surface area (Å²) in [4.78, 5) is 12.5. The standard InChI is InChI=1S/C21H29N5O6S/c1-3-4-9-26-20(29)18(14-22)15(2)19(21(26)30)24-23-16-5-7-17(8-6-16)33(31,32)25(10-12-27)11-13-28/h5-8,23-24,27-28,30H,3-4,9-13H2,1-2H3. The van der Waals surface area contributed by atoms with Crippen molar-refractivity contribution in [1.82, 2.24) is 8.87 Å².